The second kappa shape index (κ2) is 9.51. The molecule has 1 amide bonds. The summed E-state index contributed by atoms with van der Waals surface area (Å²) in [5.41, 5.74) is 4.98. The van der Waals surface area contributed by atoms with Crippen LogP contribution in [-0.4, -0.2) is 22.6 Å². The standard InChI is InChI=1S/C29H26Cl2FN3O2/c1-15(2)34-27-25(33-28(34)22-14-20(32)9-11-24(22)37-5)29(36)35(23-13-19(31)7-6-16(23)3)26(27)21-10-8-18(30)12-17(21)4/h6-15,26H,1-5H3. The van der Waals surface area contributed by atoms with Gasteiger partial charge in [-0.2, -0.15) is 0 Å². The van der Waals surface area contributed by atoms with Crippen LogP contribution in [0.1, 0.15) is 58.8 Å². The third-order valence-electron chi connectivity index (χ3n) is 6.76. The van der Waals surface area contributed by atoms with Gasteiger partial charge in [0, 0.05) is 21.8 Å². The Hall–Kier alpha value is -3.35. The molecule has 3 aromatic carbocycles. The fraction of sp³-hybridized carbons (Fsp3) is 0.241. The second-order valence-corrected chi connectivity index (χ2v) is 10.4. The summed E-state index contributed by atoms with van der Waals surface area (Å²) in [6.45, 7) is 7.95. The van der Waals surface area contributed by atoms with E-state index in [9.17, 15) is 9.18 Å². The topological polar surface area (TPSA) is 47.4 Å². The van der Waals surface area contributed by atoms with Crippen molar-refractivity contribution in [2.24, 2.45) is 0 Å². The number of anilines is 1. The van der Waals surface area contributed by atoms with Crippen LogP contribution in [-0.2, 0) is 0 Å². The molecular formula is C29H26Cl2FN3O2. The molecule has 2 heterocycles. The summed E-state index contributed by atoms with van der Waals surface area (Å²) < 4.78 is 21.9. The number of carbonyl (C=O) groups is 1. The van der Waals surface area contributed by atoms with E-state index in [4.69, 9.17) is 32.9 Å². The van der Waals surface area contributed by atoms with Crippen LogP contribution < -0.4 is 9.64 Å². The molecule has 5 nitrogen and oxygen atoms in total. The smallest absolute Gasteiger partial charge is 0.279 e. The minimum Gasteiger partial charge on any atom is -0.496 e. The first-order valence-electron chi connectivity index (χ1n) is 11.9. The van der Waals surface area contributed by atoms with E-state index in [-0.39, 0.29) is 11.9 Å². The molecule has 1 unspecified atom stereocenters. The van der Waals surface area contributed by atoms with Crippen LogP contribution in [0.15, 0.2) is 54.6 Å². The first-order chi connectivity index (χ1) is 17.6. The molecule has 1 aliphatic heterocycles. The van der Waals surface area contributed by atoms with Crippen LogP contribution in [0, 0.1) is 19.7 Å². The summed E-state index contributed by atoms with van der Waals surface area (Å²) >= 11 is 12.7. The van der Waals surface area contributed by atoms with Gasteiger partial charge in [-0.05, 0) is 86.8 Å². The SMILES string of the molecule is COc1ccc(F)cc1-c1nc2c(n1C(C)C)C(c1ccc(Cl)cc1C)N(c1cc(Cl)ccc1C)C2=O. The van der Waals surface area contributed by atoms with Gasteiger partial charge < -0.3 is 9.30 Å². The number of fused-ring (bicyclic) bond motifs is 1. The van der Waals surface area contributed by atoms with Crippen LogP contribution in [0.25, 0.3) is 11.4 Å². The number of carbonyl (C=O) groups excluding carboxylic acids is 1. The molecule has 0 aliphatic carbocycles. The van der Waals surface area contributed by atoms with E-state index in [0.717, 1.165) is 22.4 Å². The van der Waals surface area contributed by atoms with Gasteiger partial charge in [0.1, 0.15) is 23.4 Å². The predicted octanol–water partition coefficient (Wildman–Crippen LogP) is 7.95. The van der Waals surface area contributed by atoms with Gasteiger partial charge in [-0.15, -0.1) is 0 Å². The number of aryl methyl sites for hydroxylation is 2. The predicted molar refractivity (Wildman–Crippen MR) is 146 cm³/mol. The van der Waals surface area contributed by atoms with Gasteiger partial charge in [-0.1, -0.05) is 35.3 Å². The molecular weight excluding hydrogens is 512 g/mol. The Morgan fingerprint density at radius 3 is 2.35 bits per heavy atom. The van der Waals surface area contributed by atoms with Crippen LogP contribution in [0.3, 0.4) is 0 Å². The number of hydrogen-bond acceptors (Lipinski definition) is 3. The highest BCUT2D eigenvalue weighted by Crippen LogP contribution is 2.47. The number of hydrogen-bond donors (Lipinski definition) is 0. The Bertz CT molecular complexity index is 1550. The normalized spacial score (nSPS) is 15.0. The quantitative estimate of drug-likeness (QED) is 0.259. The van der Waals surface area contributed by atoms with E-state index < -0.39 is 11.9 Å². The highest BCUT2D eigenvalue weighted by molar-refractivity contribution is 6.31. The summed E-state index contributed by atoms with van der Waals surface area (Å²) in [6.07, 6.45) is 0. The summed E-state index contributed by atoms with van der Waals surface area (Å²) in [4.78, 5) is 20.7. The Morgan fingerprint density at radius 2 is 1.68 bits per heavy atom. The molecule has 0 saturated heterocycles. The van der Waals surface area contributed by atoms with Gasteiger partial charge in [0.2, 0.25) is 0 Å². The average molecular weight is 538 g/mol. The zero-order valence-corrected chi connectivity index (χ0v) is 22.7. The van der Waals surface area contributed by atoms with Gasteiger partial charge in [0.25, 0.3) is 5.91 Å². The van der Waals surface area contributed by atoms with Crippen molar-refractivity contribution in [3.8, 4) is 17.1 Å². The van der Waals surface area contributed by atoms with Gasteiger partial charge in [0.05, 0.1) is 18.4 Å². The molecule has 4 aromatic rings. The van der Waals surface area contributed by atoms with Crippen LogP contribution in [0.2, 0.25) is 10.0 Å². The molecule has 0 N–H and O–H groups in total. The lowest BCUT2D eigenvalue weighted by Gasteiger charge is -2.30. The van der Waals surface area contributed by atoms with Crippen molar-refractivity contribution >= 4 is 34.8 Å². The van der Waals surface area contributed by atoms with Gasteiger partial charge >= 0.3 is 0 Å². The zero-order chi connectivity index (χ0) is 26.6. The average Bonchev–Trinajstić information content (AvgIpc) is 3.36. The van der Waals surface area contributed by atoms with Gasteiger partial charge in [-0.25, -0.2) is 9.37 Å². The highest BCUT2D eigenvalue weighted by Gasteiger charge is 2.45. The molecule has 0 radical (unpaired) electrons. The monoisotopic (exact) mass is 537 g/mol. The fourth-order valence-electron chi connectivity index (χ4n) is 5.11. The number of imidazole rings is 1. The lowest BCUT2D eigenvalue weighted by Crippen LogP contribution is -2.31. The molecule has 8 heteroatoms. The molecule has 0 bridgehead atoms. The van der Waals surface area contributed by atoms with Crippen molar-refractivity contribution in [1.29, 1.82) is 0 Å². The maximum Gasteiger partial charge on any atom is 0.279 e. The Balaban J connectivity index is 1.84. The van der Waals surface area contributed by atoms with E-state index in [0.29, 0.717) is 38.6 Å². The first kappa shape index (κ1) is 25.3. The van der Waals surface area contributed by atoms with E-state index in [1.807, 2.05) is 56.5 Å². The van der Waals surface area contributed by atoms with Crippen molar-refractivity contribution in [3.05, 3.63) is 98.5 Å². The van der Waals surface area contributed by atoms with E-state index in [1.54, 1.807) is 23.1 Å². The first-order valence-corrected chi connectivity index (χ1v) is 12.7. The number of halogens is 3. The molecule has 5 rings (SSSR count). The number of amides is 1. The number of ether oxygens (including phenoxy) is 1. The number of nitrogens with zero attached hydrogens (tertiary/aromatic N) is 3. The van der Waals surface area contributed by atoms with Gasteiger partial charge in [0.15, 0.2) is 5.69 Å². The second-order valence-electron chi connectivity index (χ2n) is 9.49. The molecule has 0 fully saturated rings. The molecule has 0 saturated carbocycles. The van der Waals surface area contributed by atoms with Crippen molar-refractivity contribution in [1.82, 2.24) is 9.55 Å². The molecule has 190 valence electrons. The highest BCUT2D eigenvalue weighted by atomic mass is 35.5. The summed E-state index contributed by atoms with van der Waals surface area (Å²) in [5.74, 6) is 0.280. The largest absolute Gasteiger partial charge is 0.496 e. The van der Waals surface area contributed by atoms with Crippen molar-refractivity contribution < 1.29 is 13.9 Å². The zero-order valence-electron chi connectivity index (χ0n) is 21.1. The number of benzene rings is 3. The molecule has 37 heavy (non-hydrogen) atoms. The van der Waals surface area contributed by atoms with Crippen molar-refractivity contribution in [2.45, 2.75) is 39.8 Å². The number of rotatable bonds is 5. The minimum absolute atomic E-state index is 0.0949. The van der Waals surface area contributed by atoms with E-state index >= 15 is 0 Å². The van der Waals surface area contributed by atoms with Crippen molar-refractivity contribution in [2.75, 3.05) is 12.0 Å². The number of methoxy groups -OCH3 is 1. The fourth-order valence-corrected chi connectivity index (χ4v) is 5.50. The van der Waals surface area contributed by atoms with Crippen LogP contribution in [0.4, 0.5) is 10.1 Å². The maximum absolute atomic E-state index is 14.4. The summed E-state index contributed by atoms with van der Waals surface area (Å²) in [6, 6.07) is 14.9. The van der Waals surface area contributed by atoms with Crippen molar-refractivity contribution in [3.63, 3.8) is 0 Å². The lowest BCUT2D eigenvalue weighted by atomic mass is 9.97. The van der Waals surface area contributed by atoms with Gasteiger partial charge in [-0.3, -0.25) is 9.69 Å². The summed E-state index contributed by atoms with van der Waals surface area (Å²) in [5, 5.41) is 1.14. The Morgan fingerprint density at radius 1 is 0.973 bits per heavy atom. The lowest BCUT2D eigenvalue weighted by molar-refractivity contribution is 0.0989. The Labute approximate surface area is 225 Å². The summed E-state index contributed by atoms with van der Waals surface area (Å²) in [7, 11) is 1.53. The van der Waals surface area contributed by atoms with Crippen LogP contribution in [0.5, 0.6) is 5.75 Å². The third-order valence-corrected chi connectivity index (χ3v) is 7.23. The maximum atomic E-state index is 14.4. The van der Waals surface area contributed by atoms with E-state index in [2.05, 4.69) is 0 Å². The minimum atomic E-state index is -0.500. The molecule has 0 spiro atoms. The molecule has 1 aliphatic rings. The molecule has 1 aromatic heterocycles. The number of aromatic nitrogens is 2. The molecule has 1 atom stereocenters. The third kappa shape index (κ3) is 4.18. The van der Waals surface area contributed by atoms with Crippen LogP contribution >= 0.6 is 23.2 Å². The van der Waals surface area contributed by atoms with E-state index in [1.165, 1.54) is 19.2 Å². The Kier molecular flexibility index (Phi) is 6.50.